The van der Waals surface area contributed by atoms with Gasteiger partial charge in [0.25, 0.3) is 0 Å². The lowest BCUT2D eigenvalue weighted by Crippen LogP contribution is -2.15. The molecule has 0 bridgehead atoms. The van der Waals surface area contributed by atoms with Gasteiger partial charge < -0.3 is 5.73 Å². The molecule has 1 nitrogen and oxygen atoms in total. The maximum Gasteiger partial charge on any atom is 0.0178 e. The minimum absolute atomic E-state index is 0.576. The Morgan fingerprint density at radius 1 is 1.50 bits per heavy atom. The number of hydrogen-bond acceptors (Lipinski definition) is 1. The Kier molecular flexibility index (Phi) is 2.93. The molecule has 1 atom stereocenters. The molecule has 2 rings (SSSR count). The molecule has 0 saturated heterocycles. The predicted molar refractivity (Wildman–Crippen MR) is 63.4 cm³/mol. The summed E-state index contributed by atoms with van der Waals surface area (Å²) in [6.45, 7) is 2.95. The quantitative estimate of drug-likeness (QED) is 0.880. The zero-order chi connectivity index (χ0) is 10.1. The van der Waals surface area contributed by atoms with Gasteiger partial charge in [-0.25, -0.2) is 0 Å². The first-order valence-corrected chi connectivity index (χ1v) is 5.98. The number of halogens is 1. The van der Waals surface area contributed by atoms with Crippen molar-refractivity contribution in [3.63, 3.8) is 0 Å². The third kappa shape index (κ3) is 2.01. The van der Waals surface area contributed by atoms with Crippen LogP contribution in [-0.4, -0.2) is 6.54 Å². The zero-order valence-electron chi connectivity index (χ0n) is 8.46. The van der Waals surface area contributed by atoms with E-state index >= 15 is 0 Å². The molecule has 76 valence electrons. The number of benzene rings is 1. The number of aryl methyl sites for hydroxylation is 1. The van der Waals surface area contributed by atoms with Gasteiger partial charge in [0.1, 0.15) is 0 Å². The van der Waals surface area contributed by atoms with Crippen LogP contribution in [0.2, 0.25) is 0 Å². The van der Waals surface area contributed by atoms with Gasteiger partial charge in [-0.2, -0.15) is 0 Å². The topological polar surface area (TPSA) is 26.0 Å². The maximum absolute atomic E-state index is 5.85. The highest BCUT2D eigenvalue weighted by atomic mass is 79.9. The molecular weight excluding hydrogens is 238 g/mol. The Hall–Kier alpha value is -0.340. The summed E-state index contributed by atoms with van der Waals surface area (Å²) in [5, 5.41) is 0. The minimum Gasteiger partial charge on any atom is -0.330 e. The molecule has 0 amide bonds. The van der Waals surface area contributed by atoms with Crippen LogP contribution in [0, 0.1) is 12.8 Å². The highest BCUT2D eigenvalue weighted by Crippen LogP contribution is 2.43. The van der Waals surface area contributed by atoms with E-state index in [1.165, 1.54) is 24.0 Å². The third-order valence-electron chi connectivity index (χ3n) is 3.09. The summed E-state index contributed by atoms with van der Waals surface area (Å²) in [7, 11) is 0. The zero-order valence-corrected chi connectivity index (χ0v) is 10.0. The summed E-state index contributed by atoms with van der Waals surface area (Å²) in [4.78, 5) is 0. The Bertz CT molecular complexity index is 331. The van der Waals surface area contributed by atoms with Crippen LogP contribution in [0.25, 0.3) is 0 Å². The summed E-state index contributed by atoms with van der Waals surface area (Å²) >= 11 is 3.52. The van der Waals surface area contributed by atoms with Crippen molar-refractivity contribution in [3.8, 4) is 0 Å². The summed E-state index contributed by atoms with van der Waals surface area (Å²) in [6, 6.07) is 6.49. The molecule has 2 N–H and O–H groups in total. The van der Waals surface area contributed by atoms with E-state index in [0.717, 1.165) is 16.9 Å². The number of nitrogens with two attached hydrogens (primary N) is 1. The third-order valence-corrected chi connectivity index (χ3v) is 3.58. The summed E-state index contributed by atoms with van der Waals surface area (Å²) in [5.74, 6) is 1.42. The average molecular weight is 254 g/mol. The molecule has 0 heterocycles. The van der Waals surface area contributed by atoms with Crippen molar-refractivity contribution >= 4 is 15.9 Å². The lowest BCUT2D eigenvalue weighted by atomic mass is 9.91. The summed E-state index contributed by atoms with van der Waals surface area (Å²) in [6.07, 6.45) is 2.71. The van der Waals surface area contributed by atoms with Crippen molar-refractivity contribution in [1.29, 1.82) is 0 Å². The fourth-order valence-electron chi connectivity index (χ4n) is 2.08. The first kappa shape index (κ1) is 10.2. The van der Waals surface area contributed by atoms with E-state index in [4.69, 9.17) is 5.73 Å². The molecule has 0 radical (unpaired) electrons. The van der Waals surface area contributed by atoms with Gasteiger partial charge in [0.15, 0.2) is 0 Å². The maximum atomic E-state index is 5.85. The van der Waals surface area contributed by atoms with Crippen LogP contribution in [0.5, 0.6) is 0 Å². The monoisotopic (exact) mass is 253 g/mol. The Balaban J connectivity index is 2.32. The molecule has 1 aromatic rings. The van der Waals surface area contributed by atoms with Crippen molar-refractivity contribution < 1.29 is 0 Å². The molecule has 1 aliphatic carbocycles. The van der Waals surface area contributed by atoms with Crippen molar-refractivity contribution in [2.24, 2.45) is 11.7 Å². The average Bonchev–Trinajstić information content (AvgIpc) is 2.96. The smallest absolute Gasteiger partial charge is 0.0178 e. The predicted octanol–water partition coefficient (Wildman–Crippen LogP) is 3.21. The second kappa shape index (κ2) is 4.03. The Labute approximate surface area is 93.8 Å². The fraction of sp³-hybridized carbons (Fsp3) is 0.500. The van der Waals surface area contributed by atoms with Gasteiger partial charge in [-0.05, 0) is 61.4 Å². The number of rotatable bonds is 3. The molecule has 0 aliphatic heterocycles. The first-order chi connectivity index (χ1) is 6.72. The molecule has 0 aromatic heterocycles. The van der Waals surface area contributed by atoms with Gasteiger partial charge in [0.05, 0.1) is 0 Å². The van der Waals surface area contributed by atoms with E-state index in [0.29, 0.717) is 5.92 Å². The molecule has 14 heavy (non-hydrogen) atoms. The molecule has 1 fully saturated rings. The lowest BCUT2D eigenvalue weighted by molar-refractivity contribution is 0.612. The van der Waals surface area contributed by atoms with E-state index in [9.17, 15) is 0 Å². The normalized spacial score (nSPS) is 18.2. The lowest BCUT2D eigenvalue weighted by Gasteiger charge is -2.17. The van der Waals surface area contributed by atoms with Crippen molar-refractivity contribution in [3.05, 3.63) is 33.8 Å². The second-order valence-electron chi connectivity index (χ2n) is 4.18. The highest BCUT2D eigenvalue weighted by molar-refractivity contribution is 9.10. The van der Waals surface area contributed by atoms with E-state index in [2.05, 4.69) is 41.1 Å². The van der Waals surface area contributed by atoms with Crippen LogP contribution in [0.15, 0.2) is 22.7 Å². The molecule has 1 unspecified atom stereocenters. The van der Waals surface area contributed by atoms with Gasteiger partial charge >= 0.3 is 0 Å². The summed E-state index contributed by atoms with van der Waals surface area (Å²) < 4.78 is 1.16. The molecule has 2 heteroatoms. The SMILES string of the molecule is Cc1ccc(Br)cc1C(CN)C1CC1. The van der Waals surface area contributed by atoms with E-state index in [1.807, 2.05) is 0 Å². The van der Waals surface area contributed by atoms with Gasteiger partial charge in [0.2, 0.25) is 0 Å². The number of hydrogen-bond donors (Lipinski definition) is 1. The van der Waals surface area contributed by atoms with Gasteiger partial charge in [-0.15, -0.1) is 0 Å². The van der Waals surface area contributed by atoms with E-state index in [-0.39, 0.29) is 0 Å². The van der Waals surface area contributed by atoms with Gasteiger partial charge in [0, 0.05) is 4.47 Å². The first-order valence-electron chi connectivity index (χ1n) is 5.18. The van der Waals surface area contributed by atoms with Crippen LogP contribution in [-0.2, 0) is 0 Å². The van der Waals surface area contributed by atoms with Crippen molar-refractivity contribution in [2.75, 3.05) is 6.54 Å². The Morgan fingerprint density at radius 2 is 2.21 bits per heavy atom. The highest BCUT2D eigenvalue weighted by Gasteiger charge is 2.31. The van der Waals surface area contributed by atoms with E-state index < -0.39 is 0 Å². The van der Waals surface area contributed by atoms with Crippen molar-refractivity contribution in [1.82, 2.24) is 0 Å². The Morgan fingerprint density at radius 3 is 2.79 bits per heavy atom. The molecule has 0 spiro atoms. The molecule has 1 aliphatic rings. The summed E-state index contributed by atoms with van der Waals surface area (Å²) in [5.41, 5.74) is 8.65. The second-order valence-corrected chi connectivity index (χ2v) is 5.10. The fourth-order valence-corrected chi connectivity index (χ4v) is 2.46. The van der Waals surface area contributed by atoms with Gasteiger partial charge in [-0.3, -0.25) is 0 Å². The molecule has 1 saturated carbocycles. The standard InChI is InChI=1S/C12H16BrN/c1-8-2-5-10(13)6-11(8)12(7-14)9-3-4-9/h2,5-6,9,12H,3-4,7,14H2,1H3. The molecular formula is C12H16BrN. The molecule has 1 aromatic carbocycles. The van der Waals surface area contributed by atoms with Crippen LogP contribution < -0.4 is 5.73 Å². The largest absolute Gasteiger partial charge is 0.330 e. The van der Waals surface area contributed by atoms with Crippen LogP contribution in [0.1, 0.15) is 29.9 Å². The van der Waals surface area contributed by atoms with Crippen LogP contribution >= 0.6 is 15.9 Å². The van der Waals surface area contributed by atoms with Gasteiger partial charge in [-0.1, -0.05) is 22.0 Å². The van der Waals surface area contributed by atoms with E-state index in [1.54, 1.807) is 0 Å². The van der Waals surface area contributed by atoms with Crippen molar-refractivity contribution in [2.45, 2.75) is 25.7 Å². The van der Waals surface area contributed by atoms with Crippen LogP contribution in [0.4, 0.5) is 0 Å². The van der Waals surface area contributed by atoms with Crippen LogP contribution in [0.3, 0.4) is 0 Å². The minimum atomic E-state index is 0.576.